The first-order valence-electron chi connectivity index (χ1n) is 7.69. The molecule has 1 fully saturated rings. The number of rotatable bonds is 3. The van der Waals surface area contributed by atoms with Gasteiger partial charge in [-0.15, -0.1) is 0 Å². The van der Waals surface area contributed by atoms with E-state index in [9.17, 15) is 10.1 Å². The van der Waals surface area contributed by atoms with Crippen LogP contribution in [0.5, 0.6) is 11.5 Å². The SMILES string of the molecule is N#C/C(=C/c1cc2c(cc1Cl)OCO2)C(=O)NC1CCCCC1. The Hall–Kier alpha value is -2.19. The molecule has 0 atom stereocenters. The summed E-state index contributed by atoms with van der Waals surface area (Å²) in [4.78, 5) is 12.3. The molecule has 3 rings (SSSR count). The van der Waals surface area contributed by atoms with Gasteiger partial charge in [-0.25, -0.2) is 0 Å². The van der Waals surface area contributed by atoms with E-state index in [-0.39, 0.29) is 24.3 Å². The molecule has 5 nitrogen and oxygen atoms in total. The van der Waals surface area contributed by atoms with Gasteiger partial charge in [-0.05, 0) is 30.5 Å². The van der Waals surface area contributed by atoms with Gasteiger partial charge in [-0.1, -0.05) is 30.9 Å². The molecule has 0 unspecified atom stereocenters. The van der Waals surface area contributed by atoms with Crippen LogP contribution in [0.25, 0.3) is 6.08 Å². The first kappa shape index (κ1) is 15.7. The summed E-state index contributed by atoms with van der Waals surface area (Å²) in [6.07, 6.45) is 6.86. The van der Waals surface area contributed by atoms with Crippen molar-refractivity contribution in [3.05, 3.63) is 28.3 Å². The molecule has 1 N–H and O–H groups in total. The molecule has 1 aliphatic heterocycles. The van der Waals surface area contributed by atoms with Crippen molar-refractivity contribution < 1.29 is 14.3 Å². The Morgan fingerprint density at radius 3 is 2.65 bits per heavy atom. The summed E-state index contributed by atoms with van der Waals surface area (Å²) in [6.45, 7) is 0.145. The van der Waals surface area contributed by atoms with Gasteiger partial charge in [0.15, 0.2) is 11.5 Å². The lowest BCUT2D eigenvalue weighted by atomic mass is 9.95. The first-order valence-corrected chi connectivity index (χ1v) is 8.07. The van der Waals surface area contributed by atoms with Gasteiger partial charge in [0.1, 0.15) is 11.6 Å². The summed E-state index contributed by atoms with van der Waals surface area (Å²) in [5.74, 6) is 0.774. The Labute approximate surface area is 139 Å². The van der Waals surface area contributed by atoms with Crippen LogP contribution in [0.1, 0.15) is 37.7 Å². The Bertz CT molecular complexity index is 688. The lowest BCUT2D eigenvalue weighted by Crippen LogP contribution is -2.36. The Kier molecular flexibility index (Phi) is 4.73. The normalized spacial score (nSPS) is 17.7. The number of nitriles is 1. The number of amides is 1. The molecule has 0 aromatic heterocycles. The summed E-state index contributed by atoms with van der Waals surface area (Å²) in [5.41, 5.74) is 0.600. The van der Waals surface area contributed by atoms with Crippen molar-refractivity contribution in [3.63, 3.8) is 0 Å². The molecular weight excluding hydrogens is 316 g/mol. The molecule has 0 radical (unpaired) electrons. The fraction of sp³-hybridized carbons (Fsp3) is 0.412. The highest BCUT2D eigenvalue weighted by Gasteiger charge is 2.20. The third kappa shape index (κ3) is 3.59. The lowest BCUT2D eigenvalue weighted by molar-refractivity contribution is -0.117. The molecule has 0 spiro atoms. The average Bonchev–Trinajstić information content (AvgIpc) is 3.00. The fourth-order valence-corrected chi connectivity index (χ4v) is 3.07. The molecule has 0 saturated heterocycles. The highest BCUT2D eigenvalue weighted by Crippen LogP contribution is 2.37. The fourth-order valence-electron chi connectivity index (χ4n) is 2.86. The number of benzene rings is 1. The summed E-state index contributed by atoms with van der Waals surface area (Å²) in [6, 6.07) is 5.41. The van der Waals surface area contributed by atoms with E-state index in [0.29, 0.717) is 22.1 Å². The minimum absolute atomic E-state index is 0.0383. The van der Waals surface area contributed by atoms with E-state index in [4.69, 9.17) is 21.1 Å². The molecule has 6 heteroatoms. The van der Waals surface area contributed by atoms with Crippen LogP contribution in [0.15, 0.2) is 17.7 Å². The second-order valence-corrected chi connectivity index (χ2v) is 6.11. The average molecular weight is 333 g/mol. The standard InChI is InChI=1S/C17H17ClN2O3/c18-14-8-16-15(22-10-23-16)7-11(14)6-12(9-19)17(21)20-13-4-2-1-3-5-13/h6-8,13H,1-5,10H2,(H,20,21)/b12-6-. The maximum Gasteiger partial charge on any atom is 0.262 e. The second kappa shape index (κ2) is 6.93. The van der Waals surface area contributed by atoms with Gasteiger partial charge >= 0.3 is 0 Å². The van der Waals surface area contributed by atoms with Crippen molar-refractivity contribution in [2.75, 3.05) is 6.79 Å². The number of halogens is 1. The number of hydrogen-bond donors (Lipinski definition) is 1. The number of carbonyl (C=O) groups excluding carboxylic acids is 1. The van der Waals surface area contributed by atoms with Crippen molar-refractivity contribution >= 4 is 23.6 Å². The number of fused-ring (bicyclic) bond motifs is 1. The van der Waals surface area contributed by atoms with Crippen molar-refractivity contribution in [2.45, 2.75) is 38.1 Å². The molecule has 1 heterocycles. The highest BCUT2D eigenvalue weighted by molar-refractivity contribution is 6.32. The van der Waals surface area contributed by atoms with Crippen molar-refractivity contribution in [3.8, 4) is 17.6 Å². The van der Waals surface area contributed by atoms with Crippen LogP contribution in [0, 0.1) is 11.3 Å². The number of hydrogen-bond acceptors (Lipinski definition) is 4. The molecule has 120 valence electrons. The Morgan fingerprint density at radius 2 is 1.96 bits per heavy atom. The minimum atomic E-state index is -0.354. The summed E-state index contributed by atoms with van der Waals surface area (Å²) in [7, 11) is 0. The van der Waals surface area contributed by atoms with Crippen molar-refractivity contribution in [1.29, 1.82) is 5.26 Å². The summed E-state index contributed by atoms with van der Waals surface area (Å²) in [5, 5.41) is 12.6. The van der Waals surface area contributed by atoms with Crippen LogP contribution in [0.3, 0.4) is 0 Å². The van der Waals surface area contributed by atoms with Crippen LogP contribution in [0.2, 0.25) is 5.02 Å². The van der Waals surface area contributed by atoms with Gasteiger partial charge in [0, 0.05) is 12.1 Å². The van der Waals surface area contributed by atoms with Crippen molar-refractivity contribution in [1.82, 2.24) is 5.32 Å². The zero-order valence-corrected chi connectivity index (χ0v) is 13.4. The van der Waals surface area contributed by atoms with Gasteiger partial charge in [0.05, 0.1) is 5.02 Å². The molecule has 1 aromatic carbocycles. The van der Waals surface area contributed by atoms with E-state index in [0.717, 1.165) is 25.7 Å². The van der Waals surface area contributed by atoms with Crippen LogP contribution in [-0.2, 0) is 4.79 Å². The molecule has 23 heavy (non-hydrogen) atoms. The smallest absolute Gasteiger partial charge is 0.262 e. The quantitative estimate of drug-likeness (QED) is 0.680. The zero-order chi connectivity index (χ0) is 16.2. The van der Waals surface area contributed by atoms with E-state index in [2.05, 4.69) is 5.32 Å². The number of carbonyl (C=O) groups is 1. The molecule has 1 saturated carbocycles. The summed E-state index contributed by atoms with van der Waals surface area (Å²) < 4.78 is 10.5. The second-order valence-electron chi connectivity index (χ2n) is 5.71. The van der Waals surface area contributed by atoms with Gasteiger partial charge in [0.25, 0.3) is 5.91 Å². The predicted octanol–water partition coefficient (Wildman–Crippen LogP) is 3.42. The van der Waals surface area contributed by atoms with Crippen molar-refractivity contribution in [2.24, 2.45) is 0 Å². The van der Waals surface area contributed by atoms with Gasteiger partial charge in [-0.2, -0.15) is 5.26 Å². The maximum atomic E-state index is 12.3. The van der Waals surface area contributed by atoms with E-state index in [1.54, 1.807) is 12.1 Å². The molecule has 1 amide bonds. The van der Waals surface area contributed by atoms with E-state index >= 15 is 0 Å². The third-order valence-corrected chi connectivity index (χ3v) is 4.42. The topological polar surface area (TPSA) is 71.3 Å². The number of nitrogens with one attached hydrogen (secondary N) is 1. The van der Waals surface area contributed by atoms with Gasteiger partial charge in [-0.3, -0.25) is 4.79 Å². The Morgan fingerprint density at radius 1 is 1.26 bits per heavy atom. The lowest BCUT2D eigenvalue weighted by Gasteiger charge is -2.22. The largest absolute Gasteiger partial charge is 0.454 e. The number of ether oxygens (including phenoxy) is 2. The van der Waals surface area contributed by atoms with Gasteiger partial charge < -0.3 is 14.8 Å². The third-order valence-electron chi connectivity index (χ3n) is 4.10. The molecular formula is C17H17ClN2O3. The molecule has 2 aliphatic rings. The summed E-state index contributed by atoms with van der Waals surface area (Å²) >= 11 is 6.18. The van der Waals surface area contributed by atoms with Gasteiger partial charge in [0.2, 0.25) is 6.79 Å². The predicted molar refractivity (Wildman–Crippen MR) is 86.2 cm³/mol. The van der Waals surface area contributed by atoms with Crippen LogP contribution < -0.4 is 14.8 Å². The van der Waals surface area contributed by atoms with Crippen LogP contribution in [0.4, 0.5) is 0 Å². The van der Waals surface area contributed by atoms with E-state index in [1.165, 1.54) is 12.5 Å². The van der Waals surface area contributed by atoms with E-state index < -0.39 is 0 Å². The molecule has 1 aliphatic carbocycles. The molecule has 1 aromatic rings. The number of nitrogens with zero attached hydrogens (tertiary/aromatic N) is 1. The zero-order valence-electron chi connectivity index (χ0n) is 12.6. The first-order chi connectivity index (χ1) is 11.2. The monoisotopic (exact) mass is 332 g/mol. The Balaban J connectivity index is 1.78. The minimum Gasteiger partial charge on any atom is -0.454 e. The maximum absolute atomic E-state index is 12.3. The van der Waals surface area contributed by atoms with E-state index in [1.807, 2.05) is 6.07 Å². The van der Waals surface area contributed by atoms with Crippen LogP contribution >= 0.6 is 11.6 Å². The molecule has 0 bridgehead atoms. The van der Waals surface area contributed by atoms with Crippen LogP contribution in [-0.4, -0.2) is 18.7 Å². The highest BCUT2D eigenvalue weighted by atomic mass is 35.5.